The Bertz CT molecular complexity index is 1990. The van der Waals surface area contributed by atoms with Crippen LogP contribution in [0.2, 0.25) is 0 Å². The van der Waals surface area contributed by atoms with Gasteiger partial charge in [-0.3, -0.25) is 0 Å². The molecule has 5 aromatic carbocycles. The van der Waals surface area contributed by atoms with Crippen LogP contribution < -0.4 is 28.4 Å². The molecule has 0 heterocycles. The zero-order valence-electron chi connectivity index (χ0n) is 25.8. The molecule has 0 aliphatic heterocycles. The highest BCUT2D eigenvalue weighted by atomic mass is 19.1. The molecule has 50 heavy (non-hydrogen) atoms. The third-order valence-corrected chi connectivity index (χ3v) is 6.76. The van der Waals surface area contributed by atoms with E-state index in [4.69, 9.17) is 28.4 Å². The highest BCUT2D eigenvalue weighted by molar-refractivity contribution is 5.94. The van der Waals surface area contributed by atoms with Crippen LogP contribution in [0.5, 0.6) is 34.5 Å². The van der Waals surface area contributed by atoms with Crippen molar-refractivity contribution in [1.82, 2.24) is 0 Å². The second-order valence-electron chi connectivity index (χ2n) is 10.0. The van der Waals surface area contributed by atoms with Crippen LogP contribution in [0.3, 0.4) is 0 Å². The Kier molecular flexibility index (Phi) is 10.4. The molecule has 0 atom stereocenters. The summed E-state index contributed by atoms with van der Waals surface area (Å²) in [6.07, 6.45) is 0. The average molecular weight is 691 g/mol. The summed E-state index contributed by atoms with van der Waals surface area (Å²) in [6.45, 7) is 0. The Hall–Kier alpha value is -6.70. The van der Waals surface area contributed by atoms with Crippen molar-refractivity contribution in [1.29, 1.82) is 0 Å². The summed E-state index contributed by atoms with van der Waals surface area (Å²) < 4.78 is 88.1. The smallest absolute Gasteiger partial charge is 0.346 e. The maximum absolute atomic E-state index is 14.8. The summed E-state index contributed by atoms with van der Waals surface area (Å²) >= 11 is 0. The lowest BCUT2D eigenvalue weighted by Gasteiger charge is -2.10. The molecule has 0 unspecified atom stereocenters. The minimum Gasteiger partial charge on any atom is -0.497 e. The minimum atomic E-state index is -1.17. The Morgan fingerprint density at radius 1 is 0.380 bits per heavy atom. The number of hydrogen-bond acceptors (Lipinski definition) is 10. The van der Waals surface area contributed by atoms with E-state index >= 15 is 0 Å². The number of methoxy groups -OCH3 is 2. The standard InChI is InChI=1S/C36H22F4O10/c1-45-19-6-10-25(29(37)15-19)35(43)49-23-8-12-27(31(39)17-23)33(41)47-21-4-3-5-22(14-21)48-34(42)28-13-9-24(18-32(28)40)50-36(44)26-11-7-20(46-2)16-30(26)38/h3-18H,1-2H3. The lowest BCUT2D eigenvalue weighted by atomic mass is 10.2. The van der Waals surface area contributed by atoms with Gasteiger partial charge in [-0.05, 0) is 60.7 Å². The van der Waals surface area contributed by atoms with Gasteiger partial charge in [0.25, 0.3) is 0 Å². The molecule has 5 rings (SSSR count). The van der Waals surface area contributed by atoms with Crippen LogP contribution in [0.4, 0.5) is 17.6 Å². The summed E-state index contributed by atoms with van der Waals surface area (Å²) in [4.78, 5) is 50.1. The molecule has 0 aliphatic carbocycles. The van der Waals surface area contributed by atoms with Gasteiger partial charge in [0.05, 0.1) is 36.5 Å². The summed E-state index contributed by atoms with van der Waals surface area (Å²) in [5, 5.41) is 0. The van der Waals surface area contributed by atoms with E-state index in [2.05, 4.69) is 0 Å². The van der Waals surface area contributed by atoms with E-state index in [-0.39, 0.29) is 34.5 Å². The molecule has 0 radical (unpaired) electrons. The zero-order chi connectivity index (χ0) is 35.9. The molecule has 0 amide bonds. The zero-order valence-corrected chi connectivity index (χ0v) is 25.8. The molecule has 0 spiro atoms. The molecule has 14 heteroatoms. The van der Waals surface area contributed by atoms with E-state index in [1.807, 2.05) is 0 Å². The van der Waals surface area contributed by atoms with Gasteiger partial charge in [-0.25, -0.2) is 36.7 Å². The second-order valence-corrected chi connectivity index (χ2v) is 10.0. The van der Waals surface area contributed by atoms with Crippen LogP contribution in [-0.2, 0) is 0 Å². The molecular formula is C36H22F4O10. The Morgan fingerprint density at radius 3 is 0.920 bits per heavy atom. The predicted molar refractivity (Wildman–Crippen MR) is 165 cm³/mol. The maximum Gasteiger partial charge on any atom is 0.346 e. The van der Waals surface area contributed by atoms with Gasteiger partial charge in [-0.15, -0.1) is 0 Å². The highest BCUT2D eigenvalue weighted by Crippen LogP contribution is 2.26. The number of carbonyl (C=O) groups excluding carboxylic acids is 4. The van der Waals surface area contributed by atoms with Crippen LogP contribution in [0.25, 0.3) is 0 Å². The molecule has 0 fully saturated rings. The molecule has 0 bridgehead atoms. The molecule has 0 aromatic heterocycles. The van der Waals surface area contributed by atoms with E-state index in [9.17, 15) is 36.7 Å². The number of halogens is 4. The van der Waals surface area contributed by atoms with Gasteiger partial charge in [0.1, 0.15) is 57.8 Å². The minimum absolute atomic E-state index is 0.170. The van der Waals surface area contributed by atoms with Gasteiger partial charge in [0.2, 0.25) is 0 Å². The maximum atomic E-state index is 14.8. The summed E-state index contributed by atoms with van der Waals surface area (Å²) in [6, 6.07) is 17.5. The third-order valence-electron chi connectivity index (χ3n) is 6.76. The molecule has 5 aromatic rings. The van der Waals surface area contributed by atoms with Crippen LogP contribution in [0.1, 0.15) is 41.4 Å². The third kappa shape index (κ3) is 8.05. The number of esters is 4. The van der Waals surface area contributed by atoms with Crippen LogP contribution in [0.15, 0.2) is 97.1 Å². The molecule has 254 valence electrons. The molecule has 0 saturated carbocycles. The number of ether oxygens (including phenoxy) is 6. The molecular weight excluding hydrogens is 668 g/mol. The fourth-order valence-corrected chi connectivity index (χ4v) is 4.28. The first kappa shape index (κ1) is 34.6. The first-order valence-electron chi connectivity index (χ1n) is 14.2. The largest absolute Gasteiger partial charge is 0.497 e. The van der Waals surface area contributed by atoms with Crippen molar-refractivity contribution >= 4 is 23.9 Å². The second kappa shape index (κ2) is 15.0. The van der Waals surface area contributed by atoms with Crippen molar-refractivity contribution in [3.05, 3.63) is 143 Å². The fraction of sp³-hybridized carbons (Fsp3) is 0.0556. The highest BCUT2D eigenvalue weighted by Gasteiger charge is 2.21. The van der Waals surface area contributed by atoms with E-state index < -0.39 is 69.4 Å². The monoisotopic (exact) mass is 690 g/mol. The van der Waals surface area contributed by atoms with Crippen LogP contribution in [-0.4, -0.2) is 38.1 Å². The topological polar surface area (TPSA) is 124 Å². The summed E-state index contributed by atoms with van der Waals surface area (Å²) in [5.74, 6) is -9.35. The fourth-order valence-electron chi connectivity index (χ4n) is 4.28. The van der Waals surface area contributed by atoms with Crippen molar-refractivity contribution in [2.24, 2.45) is 0 Å². The van der Waals surface area contributed by atoms with E-state index in [0.717, 1.165) is 66.7 Å². The number of benzene rings is 5. The van der Waals surface area contributed by atoms with E-state index in [0.29, 0.717) is 0 Å². The number of carbonyl (C=O) groups is 4. The average Bonchev–Trinajstić information content (AvgIpc) is 3.08. The lowest BCUT2D eigenvalue weighted by molar-refractivity contribution is 0.0716. The van der Waals surface area contributed by atoms with Crippen molar-refractivity contribution in [3.63, 3.8) is 0 Å². The van der Waals surface area contributed by atoms with Crippen molar-refractivity contribution in [2.75, 3.05) is 14.2 Å². The van der Waals surface area contributed by atoms with E-state index in [1.54, 1.807) is 0 Å². The molecule has 0 saturated heterocycles. The summed E-state index contributed by atoms with van der Waals surface area (Å²) in [7, 11) is 2.64. The number of rotatable bonds is 10. The Morgan fingerprint density at radius 2 is 0.640 bits per heavy atom. The quantitative estimate of drug-likeness (QED) is 0.0849. The van der Waals surface area contributed by atoms with Gasteiger partial charge in [0, 0.05) is 30.3 Å². The Labute approximate surface area is 280 Å². The van der Waals surface area contributed by atoms with Gasteiger partial charge < -0.3 is 28.4 Å². The summed E-state index contributed by atoms with van der Waals surface area (Å²) in [5.41, 5.74) is -1.97. The van der Waals surface area contributed by atoms with E-state index in [1.165, 1.54) is 44.6 Å². The molecule has 0 aliphatic rings. The lowest BCUT2D eigenvalue weighted by Crippen LogP contribution is -2.14. The molecule has 10 nitrogen and oxygen atoms in total. The van der Waals surface area contributed by atoms with Gasteiger partial charge in [-0.1, -0.05) is 6.07 Å². The van der Waals surface area contributed by atoms with Crippen LogP contribution in [0, 0.1) is 23.3 Å². The predicted octanol–water partition coefficient (Wildman–Crippen LogP) is 7.14. The Balaban J connectivity index is 1.20. The number of hydrogen-bond donors (Lipinski definition) is 0. The van der Waals surface area contributed by atoms with Gasteiger partial charge in [0.15, 0.2) is 0 Å². The SMILES string of the molecule is COc1ccc(C(=O)Oc2ccc(C(=O)Oc3cccc(OC(=O)c4ccc(OC(=O)c5ccc(OC)cc5F)cc4F)c3)c(F)c2)c(F)c1. The van der Waals surface area contributed by atoms with Gasteiger partial charge >= 0.3 is 23.9 Å². The molecule has 0 N–H and O–H groups in total. The van der Waals surface area contributed by atoms with Gasteiger partial charge in [-0.2, -0.15) is 0 Å². The first-order chi connectivity index (χ1) is 23.9. The van der Waals surface area contributed by atoms with Crippen molar-refractivity contribution in [3.8, 4) is 34.5 Å². The van der Waals surface area contributed by atoms with Crippen LogP contribution >= 0.6 is 0 Å². The normalized spacial score (nSPS) is 10.5. The van der Waals surface area contributed by atoms with Crippen molar-refractivity contribution < 1.29 is 65.2 Å². The first-order valence-corrected chi connectivity index (χ1v) is 14.2. The van der Waals surface area contributed by atoms with Crippen molar-refractivity contribution in [2.45, 2.75) is 0 Å².